The van der Waals surface area contributed by atoms with Gasteiger partial charge in [0.05, 0.1) is 17.6 Å². The molecule has 1 heterocycles. The second-order valence-electron chi connectivity index (χ2n) is 8.10. The maximum absolute atomic E-state index is 12.4. The Morgan fingerprint density at radius 3 is 2.35 bits per heavy atom. The number of amides is 1. The standard InChI is InChI=1S/C28H26N2O4/c31-27(30-23-13-8-20(9-14-23)4-3-7-28(32)33)18-21-10-16-25(17-11-21)34-19-24-15-12-22-5-1-2-6-26(22)29-24/h1-2,5-6,8-17H,3-4,7,18-19H2,(H,30,31)(H,32,33). The van der Waals surface area contributed by atoms with E-state index in [0.717, 1.165) is 39.2 Å². The molecule has 3 aromatic carbocycles. The largest absolute Gasteiger partial charge is 0.487 e. The van der Waals surface area contributed by atoms with Gasteiger partial charge in [0.2, 0.25) is 5.91 Å². The second-order valence-corrected chi connectivity index (χ2v) is 8.10. The van der Waals surface area contributed by atoms with Crippen molar-refractivity contribution in [2.24, 2.45) is 0 Å². The van der Waals surface area contributed by atoms with Crippen molar-refractivity contribution in [2.45, 2.75) is 32.3 Å². The molecule has 0 aliphatic heterocycles. The van der Waals surface area contributed by atoms with Crippen LogP contribution in [0.3, 0.4) is 0 Å². The molecule has 0 aliphatic rings. The van der Waals surface area contributed by atoms with E-state index >= 15 is 0 Å². The Hall–Kier alpha value is -4.19. The third kappa shape index (κ3) is 6.65. The zero-order valence-electron chi connectivity index (χ0n) is 18.7. The lowest BCUT2D eigenvalue weighted by Gasteiger charge is -2.09. The van der Waals surface area contributed by atoms with Gasteiger partial charge < -0.3 is 15.2 Å². The Balaban J connectivity index is 1.25. The number of nitrogens with one attached hydrogen (secondary N) is 1. The molecule has 6 heteroatoms. The zero-order valence-corrected chi connectivity index (χ0v) is 18.7. The Morgan fingerprint density at radius 2 is 1.59 bits per heavy atom. The van der Waals surface area contributed by atoms with Crippen LogP contribution in [0.2, 0.25) is 0 Å². The van der Waals surface area contributed by atoms with Gasteiger partial charge in [-0.1, -0.05) is 48.5 Å². The van der Waals surface area contributed by atoms with Crippen LogP contribution in [0.4, 0.5) is 5.69 Å². The topological polar surface area (TPSA) is 88.5 Å². The number of carboxylic acid groups (broad SMARTS) is 1. The Kier molecular flexibility index (Phi) is 7.50. The number of fused-ring (bicyclic) bond motifs is 1. The molecule has 0 fully saturated rings. The molecule has 34 heavy (non-hydrogen) atoms. The summed E-state index contributed by atoms with van der Waals surface area (Å²) in [5.74, 6) is -0.171. The van der Waals surface area contributed by atoms with Crippen molar-refractivity contribution in [3.05, 3.63) is 102 Å². The molecule has 2 N–H and O–H groups in total. The monoisotopic (exact) mass is 454 g/mol. The average molecular weight is 455 g/mol. The number of pyridine rings is 1. The molecule has 0 radical (unpaired) electrons. The van der Waals surface area contributed by atoms with Gasteiger partial charge in [-0.05, 0) is 60.4 Å². The highest BCUT2D eigenvalue weighted by molar-refractivity contribution is 5.92. The molecular formula is C28H26N2O4. The number of ether oxygens (including phenoxy) is 1. The van der Waals surface area contributed by atoms with Gasteiger partial charge in [0.1, 0.15) is 12.4 Å². The van der Waals surface area contributed by atoms with Crippen molar-refractivity contribution in [3.63, 3.8) is 0 Å². The van der Waals surface area contributed by atoms with E-state index < -0.39 is 5.97 Å². The van der Waals surface area contributed by atoms with E-state index in [2.05, 4.69) is 10.3 Å². The van der Waals surface area contributed by atoms with E-state index in [1.807, 2.05) is 84.9 Å². The van der Waals surface area contributed by atoms with Crippen LogP contribution in [-0.2, 0) is 29.0 Å². The number of hydrogen-bond donors (Lipinski definition) is 2. The van der Waals surface area contributed by atoms with E-state index in [1.54, 1.807) is 0 Å². The summed E-state index contributed by atoms with van der Waals surface area (Å²) in [6, 6.07) is 26.9. The van der Waals surface area contributed by atoms with Crippen LogP contribution in [0.25, 0.3) is 10.9 Å². The number of benzene rings is 3. The normalized spacial score (nSPS) is 10.7. The number of hydrogen-bond acceptors (Lipinski definition) is 4. The summed E-state index contributed by atoms with van der Waals surface area (Å²) in [6.07, 6.45) is 1.71. The van der Waals surface area contributed by atoms with Gasteiger partial charge in [0, 0.05) is 17.5 Å². The van der Waals surface area contributed by atoms with Gasteiger partial charge in [-0.25, -0.2) is 4.98 Å². The Bertz CT molecular complexity index is 1270. The quantitative estimate of drug-likeness (QED) is 0.335. The minimum absolute atomic E-state index is 0.104. The molecule has 1 aromatic heterocycles. The first-order valence-corrected chi connectivity index (χ1v) is 11.2. The molecule has 0 spiro atoms. The van der Waals surface area contributed by atoms with Crippen LogP contribution in [-0.4, -0.2) is 22.0 Å². The molecule has 4 aromatic rings. The number of carbonyl (C=O) groups excluding carboxylic acids is 1. The van der Waals surface area contributed by atoms with Gasteiger partial charge in [0.25, 0.3) is 0 Å². The molecular weight excluding hydrogens is 428 g/mol. The van der Waals surface area contributed by atoms with E-state index in [4.69, 9.17) is 9.84 Å². The number of aromatic nitrogens is 1. The fraction of sp³-hybridized carbons (Fsp3) is 0.179. The van der Waals surface area contributed by atoms with E-state index in [-0.39, 0.29) is 18.7 Å². The second kappa shape index (κ2) is 11.1. The SMILES string of the molecule is O=C(O)CCCc1ccc(NC(=O)Cc2ccc(OCc3ccc4ccccc4n3)cc2)cc1. The first-order valence-electron chi connectivity index (χ1n) is 11.2. The van der Waals surface area contributed by atoms with E-state index in [9.17, 15) is 9.59 Å². The number of aliphatic carboxylic acids is 1. The minimum atomic E-state index is -0.787. The van der Waals surface area contributed by atoms with Gasteiger partial charge in [-0.3, -0.25) is 9.59 Å². The van der Waals surface area contributed by atoms with E-state index in [0.29, 0.717) is 19.4 Å². The average Bonchev–Trinajstić information content (AvgIpc) is 2.84. The summed E-state index contributed by atoms with van der Waals surface area (Å²) in [7, 11) is 0. The molecule has 0 bridgehead atoms. The molecule has 6 nitrogen and oxygen atoms in total. The Labute approximate surface area is 198 Å². The predicted molar refractivity (Wildman–Crippen MR) is 132 cm³/mol. The molecule has 0 unspecified atom stereocenters. The maximum Gasteiger partial charge on any atom is 0.303 e. The first kappa shape index (κ1) is 23.0. The number of carboxylic acids is 1. The maximum atomic E-state index is 12.4. The van der Waals surface area contributed by atoms with Crippen LogP contribution in [0, 0.1) is 0 Å². The number of nitrogens with zero attached hydrogens (tertiary/aromatic N) is 1. The summed E-state index contributed by atoms with van der Waals surface area (Å²) >= 11 is 0. The summed E-state index contributed by atoms with van der Waals surface area (Å²) in [5, 5.41) is 12.7. The highest BCUT2D eigenvalue weighted by Gasteiger charge is 2.06. The lowest BCUT2D eigenvalue weighted by Crippen LogP contribution is -2.14. The number of para-hydroxylation sites is 1. The van der Waals surface area contributed by atoms with Gasteiger partial charge in [0.15, 0.2) is 0 Å². The molecule has 4 rings (SSSR count). The van der Waals surface area contributed by atoms with Crippen molar-refractivity contribution in [1.82, 2.24) is 4.98 Å². The van der Waals surface area contributed by atoms with Gasteiger partial charge in [-0.15, -0.1) is 0 Å². The smallest absolute Gasteiger partial charge is 0.303 e. The van der Waals surface area contributed by atoms with Crippen molar-refractivity contribution in [1.29, 1.82) is 0 Å². The summed E-state index contributed by atoms with van der Waals surface area (Å²) < 4.78 is 5.85. The summed E-state index contributed by atoms with van der Waals surface area (Å²) in [6.45, 7) is 0.372. The zero-order chi connectivity index (χ0) is 23.8. The Morgan fingerprint density at radius 1 is 0.853 bits per heavy atom. The highest BCUT2D eigenvalue weighted by Crippen LogP contribution is 2.17. The lowest BCUT2D eigenvalue weighted by atomic mass is 10.1. The van der Waals surface area contributed by atoms with Crippen molar-refractivity contribution >= 4 is 28.5 Å². The first-order chi connectivity index (χ1) is 16.5. The number of aryl methyl sites for hydroxylation is 1. The molecule has 172 valence electrons. The van der Waals surface area contributed by atoms with Crippen molar-refractivity contribution in [2.75, 3.05) is 5.32 Å². The summed E-state index contributed by atoms with van der Waals surface area (Å²) in [4.78, 5) is 27.6. The third-order valence-corrected chi connectivity index (χ3v) is 5.42. The fourth-order valence-corrected chi connectivity index (χ4v) is 3.64. The third-order valence-electron chi connectivity index (χ3n) is 5.42. The minimum Gasteiger partial charge on any atom is -0.487 e. The number of anilines is 1. The van der Waals surface area contributed by atoms with Crippen LogP contribution < -0.4 is 10.1 Å². The number of carbonyl (C=O) groups is 2. The number of rotatable bonds is 10. The van der Waals surface area contributed by atoms with Crippen molar-refractivity contribution in [3.8, 4) is 5.75 Å². The van der Waals surface area contributed by atoms with Crippen LogP contribution in [0.1, 0.15) is 29.7 Å². The molecule has 0 saturated carbocycles. The molecule has 0 atom stereocenters. The molecule has 0 aliphatic carbocycles. The van der Waals surface area contributed by atoms with Crippen LogP contribution in [0.15, 0.2) is 84.9 Å². The highest BCUT2D eigenvalue weighted by atomic mass is 16.5. The van der Waals surface area contributed by atoms with Gasteiger partial charge >= 0.3 is 5.97 Å². The molecule has 0 saturated heterocycles. The van der Waals surface area contributed by atoms with Crippen molar-refractivity contribution < 1.29 is 19.4 Å². The summed E-state index contributed by atoms with van der Waals surface area (Å²) in [5.41, 5.74) is 4.45. The fourth-order valence-electron chi connectivity index (χ4n) is 3.64. The van der Waals surface area contributed by atoms with Crippen LogP contribution >= 0.6 is 0 Å². The molecule has 1 amide bonds. The van der Waals surface area contributed by atoms with Crippen LogP contribution in [0.5, 0.6) is 5.75 Å². The predicted octanol–water partition coefficient (Wildman–Crippen LogP) is 5.40. The van der Waals surface area contributed by atoms with Gasteiger partial charge in [-0.2, -0.15) is 0 Å². The van der Waals surface area contributed by atoms with E-state index in [1.165, 1.54) is 0 Å². The lowest BCUT2D eigenvalue weighted by molar-refractivity contribution is -0.137.